The van der Waals surface area contributed by atoms with Crippen LogP contribution in [0.25, 0.3) is 17.3 Å². The molecule has 2 aromatic heterocycles. The molecule has 0 aliphatic rings. The second-order valence-electron chi connectivity index (χ2n) is 5.57. The van der Waals surface area contributed by atoms with Gasteiger partial charge in [0.2, 0.25) is 0 Å². The van der Waals surface area contributed by atoms with Crippen LogP contribution in [-0.4, -0.2) is 28.1 Å². The predicted molar refractivity (Wildman–Crippen MR) is 100 cm³/mol. The van der Waals surface area contributed by atoms with E-state index in [0.29, 0.717) is 10.8 Å². The van der Waals surface area contributed by atoms with Crippen molar-refractivity contribution in [1.29, 1.82) is 0 Å². The molecular formula is C19H17ClN4O. The van der Waals surface area contributed by atoms with E-state index < -0.39 is 0 Å². The highest BCUT2D eigenvalue weighted by Crippen LogP contribution is 2.27. The van der Waals surface area contributed by atoms with Gasteiger partial charge in [-0.05, 0) is 42.8 Å². The van der Waals surface area contributed by atoms with Gasteiger partial charge in [0.15, 0.2) is 5.82 Å². The Morgan fingerprint density at radius 1 is 1.16 bits per heavy atom. The average molecular weight is 353 g/mol. The number of carbonyl (C=O) groups is 1. The molecule has 1 N–H and O–H groups in total. The average Bonchev–Trinajstić information content (AvgIpc) is 3.02. The van der Waals surface area contributed by atoms with Gasteiger partial charge in [-0.3, -0.25) is 19.8 Å². The Hall–Kier alpha value is -2.92. The standard InChI is InChI=1S/C19H17ClN4O/c1-13-18(15-9-11-21-12-10-15)22-23-19(13)24(2)17(25)8-5-14-3-6-16(20)7-4-14/h3-12H,1-2H3,(H,22,23). The lowest BCUT2D eigenvalue weighted by atomic mass is 10.1. The van der Waals surface area contributed by atoms with Crippen molar-refractivity contribution in [2.75, 3.05) is 11.9 Å². The molecule has 0 atom stereocenters. The molecule has 0 fully saturated rings. The number of H-pyrrole nitrogens is 1. The summed E-state index contributed by atoms with van der Waals surface area (Å²) in [6.07, 6.45) is 6.71. The molecule has 0 bridgehead atoms. The second kappa shape index (κ2) is 7.32. The molecule has 25 heavy (non-hydrogen) atoms. The molecular weight excluding hydrogens is 336 g/mol. The van der Waals surface area contributed by atoms with E-state index >= 15 is 0 Å². The summed E-state index contributed by atoms with van der Waals surface area (Å²) < 4.78 is 0. The third-order valence-corrected chi connectivity index (χ3v) is 4.14. The number of rotatable bonds is 4. The van der Waals surface area contributed by atoms with Crippen molar-refractivity contribution < 1.29 is 4.79 Å². The first-order valence-electron chi connectivity index (χ1n) is 7.73. The molecule has 1 aromatic carbocycles. The van der Waals surface area contributed by atoms with E-state index in [0.717, 1.165) is 22.4 Å². The molecule has 2 heterocycles. The molecule has 3 aromatic rings. The van der Waals surface area contributed by atoms with Crippen LogP contribution in [0.4, 0.5) is 5.82 Å². The van der Waals surface area contributed by atoms with Gasteiger partial charge in [0.1, 0.15) is 0 Å². The number of nitrogens with one attached hydrogen (secondary N) is 1. The first-order chi connectivity index (χ1) is 12.1. The lowest BCUT2D eigenvalue weighted by Gasteiger charge is -2.13. The number of aromatic amines is 1. The fourth-order valence-corrected chi connectivity index (χ4v) is 2.60. The predicted octanol–water partition coefficient (Wildman–Crippen LogP) is 4.11. The maximum absolute atomic E-state index is 12.4. The first kappa shape index (κ1) is 16.9. The smallest absolute Gasteiger partial charge is 0.251 e. The van der Waals surface area contributed by atoms with Crippen molar-refractivity contribution in [1.82, 2.24) is 15.2 Å². The van der Waals surface area contributed by atoms with Crippen molar-refractivity contribution >= 4 is 29.4 Å². The number of benzene rings is 1. The number of hydrogen-bond donors (Lipinski definition) is 1. The number of aromatic nitrogens is 3. The van der Waals surface area contributed by atoms with Gasteiger partial charge in [0, 0.05) is 41.7 Å². The Morgan fingerprint density at radius 3 is 2.52 bits per heavy atom. The van der Waals surface area contributed by atoms with Gasteiger partial charge in [-0.1, -0.05) is 23.7 Å². The topological polar surface area (TPSA) is 61.9 Å². The Labute approximate surface area is 151 Å². The number of likely N-dealkylation sites (N-methyl/N-ethyl adjacent to an activating group) is 1. The normalized spacial score (nSPS) is 11.0. The highest BCUT2D eigenvalue weighted by atomic mass is 35.5. The molecule has 126 valence electrons. The summed E-state index contributed by atoms with van der Waals surface area (Å²) in [5, 5.41) is 7.95. The summed E-state index contributed by atoms with van der Waals surface area (Å²) in [5.74, 6) is 0.434. The maximum atomic E-state index is 12.4. The number of nitrogens with zero attached hydrogens (tertiary/aromatic N) is 3. The summed E-state index contributed by atoms with van der Waals surface area (Å²) in [4.78, 5) is 18.0. The lowest BCUT2D eigenvalue weighted by Crippen LogP contribution is -2.25. The molecule has 0 aliphatic carbocycles. The summed E-state index contributed by atoms with van der Waals surface area (Å²) in [6, 6.07) is 11.1. The summed E-state index contributed by atoms with van der Waals surface area (Å²) >= 11 is 5.86. The minimum atomic E-state index is -0.161. The fraction of sp³-hybridized carbons (Fsp3) is 0.105. The van der Waals surface area contributed by atoms with Crippen LogP contribution >= 0.6 is 11.6 Å². The molecule has 0 saturated carbocycles. The van der Waals surface area contributed by atoms with Crippen LogP contribution in [0, 0.1) is 6.92 Å². The van der Waals surface area contributed by atoms with Crippen molar-refractivity contribution in [2.45, 2.75) is 6.92 Å². The first-order valence-corrected chi connectivity index (χ1v) is 8.11. The largest absolute Gasteiger partial charge is 0.295 e. The van der Waals surface area contributed by atoms with Crippen LogP contribution in [0.1, 0.15) is 11.1 Å². The quantitative estimate of drug-likeness (QED) is 0.719. The zero-order valence-electron chi connectivity index (χ0n) is 13.9. The fourth-order valence-electron chi connectivity index (χ4n) is 2.47. The van der Waals surface area contributed by atoms with Gasteiger partial charge < -0.3 is 0 Å². The number of anilines is 1. The molecule has 1 amide bonds. The molecule has 0 saturated heterocycles. The number of hydrogen-bond acceptors (Lipinski definition) is 3. The number of amides is 1. The Kier molecular flexibility index (Phi) is 4.95. The molecule has 0 unspecified atom stereocenters. The van der Waals surface area contributed by atoms with E-state index in [-0.39, 0.29) is 5.91 Å². The SMILES string of the molecule is Cc1c(N(C)C(=O)C=Cc2ccc(Cl)cc2)n[nH]c1-c1ccncc1. The van der Waals surface area contributed by atoms with Gasteiger partial charge in [0.05, 0.1) is 5.69 Å². The van der Waals surface area contributed by atoms with Gasteiger partial charge in [-0.15, -0.1) is 0 Å². The van der Waals surface area contributed by atoms with Crippen LogP contribution in [0.2, 0.25) is 5.02 Å². The maximum Gasteiger partial charge on any atom is 0.251 e. The minimum absolute atomic E-state index is 0.161. The Balaban J connectivity index is 1.79. The van der Waals surface area contributed by atoms with Crippen LogP contribution in [0.5, 0.6) is 0 Å². The monoisotopic (exact) mass is 352 g/mol. The molecule has 6 heteroatoms. The van der Waals surface area contributed by atoms with E-state index in [2.05, 4.69) is 15.2 Å². The second-order valence-corrected chi connectivity index (χ2v) is 6.00. The molecule has 3 rings (SSSR count). The highest BCUT2D eigenvalue weighted by Gasteiger charge is 2.17. The number of halogens is 1. The third kappa shape index (κ3) is 3.78. The van der Waals surface area contributed by atoms with Crippen molar-refractivity contribution in [2.24, 2.45) is 0 Å². The third-order valence-electron chi connectivity index (χ3n) is 3.89. The van der Waals surface area contributed by atoms with E-state index in [9.17, 15) is 4.79 Å². The minimum Gasteiger partial charge on any atom is -0.295 e. The zero-order valence-corrected chi connectivity index (χ0v) is 14.7. The summed E-state index contributed by atoms with van der Waals surface area (Å²) in [7, 11) is 1.70. The van der Waals surface area contributed by atoms with Crippen LogP contribution in [0.15, 0.2) is 54.9 Å². The van der Waals surface area contributed by atoms with Gasteiger partial charge in [-0.2, -0.15) is 5.10 Å². The van der Waals surface area contributed by atoms with Crippen molar-refractivity contribution in [3.8, 4) is 11.3 Å². The molecule has 0 radical (unpaired) electrons. The highest BCUT2D eigenvalue weighted by molar-refractivity contribution is 6.30. The van der Waals surface area contributed by atoms with Gasteiger partial charge >= 0.3 is 0 Å². The van der Waals surface area contributed by atoms with Crippen LogP contribution in [0.3, 0.4) is 0 Å². The van der Waals surface area contributed by atoms with E-state index in [4.69, 9.17) is 11.6 Å². The number of carbonyl (C=O) groups excluding carboxylic acids is 1. The zero-order chi connectivity index (χ0) is 17.8. The summed E-state index contributed by atoms with van der Waals surface area (Å²) in [5.41, 5.74) is 3.66. The summed E-state index contributed by atoms with van der Waals surface area (Å²) in [6.45, 7) is 1.93. The molecule has 0 aliphatic heterocycles. The Morgan fingerprint density at radius 2 is 1.84 bits per heavy atom. The van der Waals surface area contributed by atoms with E-state index in [1.165, 1.54) is 11.0 Å². The van der Waals surface area contributed by atoms with E-state index in [1.54, 1.807) is 37.7 Å². The Bertz CT molecular complexity index is 901. The van der Waals surface area contributed by atoms with E-state index in [1.807, 2.05) is 31.2 Å². The lowest BCUT2D eigenvalue weighted by molar-refractivity contribution is -0.113. The molecule has 0 spiro atoms. The van der Waals surface area contributed by atoms with Crippen LogP contribution in [-0.2, 0) is 4.79 Å². The van der Waals surface area contributed by atoms with Gasteiger partial charge in [-0.25, -0.2) is 0 Å². The van der Waals surface area contributed by atoms with Crippen molar-refractivity contribution in [3.05, 3.63) is 71.0 Å². The van der Waals surface area contributed by atoms with Gasteiger partial charge in [0.25, 0.3) is 5.91 Å². The van der Waals surface area contributed by atoms with Crippen LogP contribution < -0.4 is 4.90 Å². The van der Waals surface area contributed by atoms with Crippen molar-refractivity contribution in [3.63, 3.8) is 0 Å². The number of pyridine rings is 1. The molecule has 5 nitrogen and oxygen atoms in total.